The summed E-state index contributed by atoms with van der Waals surface area (Å²) in [6.07, 6.45) is 0.841. The van der Waals surface area contributed by atoms with Gasteiger partial charge < -0.3 is 9.42 Å². The first-order valence-corrected chi connectivity index (χ1v) is 9.59. The summed E-state index contributed by atoms with van der Waals surface area (Å²) in [5.74, 6) is -0.250. The molecule has 1 aromatic heterocycles. The van der Waals surface area contributed by atoms with E-state index in [9.17, 15) is 13.6 Å². The highest BCUT2D eigenvalue weighted by atomic mass is 19.1. The molecule has 0 aliphatic carbocycles. The van der Waals surface area contributed by atoms with Crippen molar-refractivity contribution in [3.8, 4) is 11.4 Å². The molecule has 1 amide bonds. The van der Waals surface area contributed by atoms with Gasteiger partial charge in [0.2, 0.25) is 17.6 Å². The number of rotatable bonds is 5. The van der Waals surface area contributed by atoms with E-state index in [1.165, 1.54) is 22.6 Å². The molecule has 3 aromatic rings. The number of hydrogen-bond donors (Lipinski definition) is 0. The van der Waals surface area contributed by atoms with Crippen molar-refractivity contribution < 1.29 is 18.1 Å². The molecule has 150 valence electrons. The zero-order chi connectivity index (χ0) is 20.5. The van der Waals surface area contributed by atoms with Gasteiger partial charge in [-0.05, 0) is 35.6 Å². The smallest absolute Gasteiger partial charge is 0.249 e. The van der Waals surface area contributed by atoms with Crippen LogP contribution < -0.4 is 0 Å². The first-order valence-electron chi connectivity index (χ1n) is 9.59. The monoisotopic (exact) mass is 397 g/mol. The summed E-state index contributed by atoms with van der Waals surface area (Å²) < 4.78 is 32.4. The lowest BCUT2D eigenvalue weighted by Crippen LogP contribution is -2.27. The largest absolute Gasteiger partial charge is 0.337 e. The van der Waals surface area contributed by atoms with Crippen LogP contribution in [0.15, 0.2) is 47.0 Å². The maximum atomic E-state index is 13.5. The molecule has 1 aliphatic heterocycles. The van der Waals surface area contributed by atoms with Crippen LogP contribution in [0.2, 0.25) is 0 Å². The Morgan fingerprint density at radius 1 is 1.14 bits per heavy atom. The summed E-state index contributed by atoms with van der Waals surface area (Å²) in [5, 5.41) is 4.06. The van der Waals surface area contributed by atoms with Crippen molar-refractivity contribution in [1.29, 1.82) is 0 Å². The van der Waals surface area contributed by atoms with Crippen LogP contribution in [-0.4, -0.2) is 20.9 Å². The van der Waals surface area contributed by atoms with Gasteiger partial charge in [0.1, 0.15) is 17.7 Å². The molecule has 0 N–H and O–H groups in total. The number of aromatic nitrogens is 2. The van der Waals surface area contributed by atoms with Gasteiger partial charge in [-0.2, -0.15) is 4.98 Å². The Hall–Kier alpha value is -3.09. The van der Waals surface area contributed by atoms with Crippen molar-refractivity contribution in [2.24, 2.45) is 0 Å². The van der Waals surface area contributed by atoms with Crippen molar-refractivity contribution in [3.05, 3.63) is 71.1 Å². The maximum absolute atomic E-state index is 13.5. The molecule has 0 spiro atoms. The highest BCUT2D eigenvalue weighted by molar-refractivity contribution is 5.78. The molecule has 2 aromatic carbocycles. The van der Waals surface area contributed by atoms with Gasteiger partial charge in [0.05, 0.1) is 0 Å². The summed E-state index contributed by atoms with van der Waals surface area (Å²) in [4.78, 5) is 18.4. The van der Waals surface area contributed by atoms with E-state index in [0.717, 1.165) is 11.6 Å². The fourth-order valence-corrected chi connectivity index (χ4v) is 3.59. The summed E-state index contributed by atoms with van der Waals surface area (Å²) in [6, 6.07) is 10.8. The second-order valence-corrected chi connectivity index (χ2v) is 7.59. The quantitative estimate of drug-likeness (QED) is 0.608. The molecule has 29 heavy (non-hydrogen) atoms. The van der Waals surface area contributed by atoms with Crippen LogP contribution in [0.3, 0.4) is 0 Å². The van der Waals surface area contributed by atoms with Gasteiger partial charge in [0, 0.05) is 24.6 Å². The van der Waals surface area contributed by atoms with Crippen LogP contribution >= 0.6 is 0 Å². The predicted octanol–water partition coefficient (Wildman–Crippen LogP) is 5.00. The van der Waals surface area contributed by atoms with Crippen LogP contribution in [0.1, 0.15) is 55.7 Å². The summed E-state index contributed by atoms with van der Waals surface area (Å²) in [5.41, 5.74) is 2.42. The van der Waals surface area contributed by atoms with Crippen molar-refractivity contribution in [2.75, 3.05) is 0 Å². The van der Waals surface area contributed by atoms with Gasteiger partial charge in [-0.25, -0.2) is 8.78 Å². The van der Waals surface area contributed by atoms with Crippen LogP contribution in [0.5, 0.6) is 0 Å². The zero-order valence-electron chi connectivity index (χ0n) is 16.2. The van der Waals surface area contributed by atoms with Gasteiger partial charge in [0.25, 0.3) is 0 Å². The number of likely N-dealkylation sites (tertiary alicyclic amines) is 1. The molecule has 1 aliphatic rings. The minimum Gasteiger partial charge on any atom is -0.337 e. The van der Waals surface area contributed by atoms with E-state index in [1.54, 1.807) is 0 Å². The Morgan fingerprint density at radius 3 is 2.48 bits per heavy atom. The third-order valence-corrected chi connectivity index (χ3v) is 5.17. The average Bonchev–Trinajstić information content (AvgIpc) is 3.29. The molecule has 0 saturated carbocycles. The fourth-order valence-electron chi connectivity index (χ4n) is 3.59. The molecule has 1 saturated heterocycles. The van der Waals surface area contributed by atoms with E-state index >= 15 is 0 Å². The van der Waals surface area contributed by atoms with Gasteiger partial charge in [-0.1, -0.05) is 43.3 Å². The molecule has 1 fully saturated rings. The molecule has 0 bridgehead atoms. The Kier molecular flexibility index (Phi) is 5.13. The van der Waals surface area contributed by atoms with Gasteiger partial charge >= 0.3 is 0 Å². The second-order valence-electron chi connectivity index (χ2n) is 7.59. The van der Waals surface area contributed by atoms with Crippen molar-refractivity contribution >= 4 is 5.91 Å². The number of carbonyl (C=O) groups is 1. The Balaban J connectivity index is 1.56. The molecule has 1 unspecified atom stereocenters. The lowest BCUT2D eigenvalue weighted by Gasteiger charge is -2.22. The lowest BCUT2D eigenvalue weighted by atomic mass is 10.0. The van der Waals surface area contributed by atoms with Crippen LogP contribution in [0.25, 0.3) is 11.4 Å². The fraction of sp³-hybridized carbons (Fsp3) is 0.318. The Bertz CT molecular complexity index is 1010. The minimum atomic E-state index is -0.673. The Labute approximate surface area is 167 Å². The zero-order valence-corrected chi connectivity index (χ0v) is 16.2. The normalized spacial score (nSPS) is 16.8. The summed E-state index contributed by atoms with van der Waals surface area (Å²) in [6.45, 7) is 4.33. The predicted molar refractivity (Wildman–Crippen MR) is 103 cm³/mol. The first kappa shape index (κ1) is 19.2. The summed E-state index contributed by atoms with van der Waals surface area (Å²) in [7, 11) is 0. The van der Waals surface area contributed by atoms with Crippen molar-refractivity contribution in [2.45, 2.75) is 45.2 Å². The van der Waals surface area contributed by atoms with E-state index in [-0.39, 0.29) is 12.5 Å². The van der Waals surface area contributed by atoms with E-state index in [0.29, 0.717) is 36.0 Å². The molecule has 0 radical (unpaired) electrons. The van der Waals surface area contributed by atoms with Crippen LogP contribution in [0, 0.1) is 11.6 Å². The molecule has 7 heteroatoms. The molecular weight excluding hydrogens is 376 g/mol. The first-order chi connectivity index (χ1) is 13.9. The number of carbonyl (C=O) groups excluding carboxylic acids is 1. The molecule has 5 nitrogen and oxygen atoms in total. The van der Waals surface area contributed by atoms with E-state index < -0.39 is 17.7 Å². The third kappa shape index (κ3) is 4.04. The minimum absolute atomic E-state index is 0.0823. The SMILES string of the molecule is CC(C)c1ccc(-c2noc(C3CCC(=O)N3Cc3cc(F)cc(F)c3)n2)cc1. The molecule has 1 atom stereocenters. The van der Waals surface area contributed by atoms with Crippen molar-refractivity contribution in [1.82, 2.24) is 15.0 Å². The maximum Gasteiger partial charge on any atom is 0.249 e. The Morgan fingerprint density at radius 2 is 1.83 bits per heavy atom. The van der Waals surface area contributed by atoms with Gasteiger partial charge in [-0.15, -0.1) is 0 Å². The standard InChI is InChI=1S/C22H21F2N3O2/c1-13(2)15-3-5-16(6-4-15)21-25-22(29-26-21)19-7-8-20(28)27(19)12-14-9-17(23)11-18(24)10-14/h3-6,9-11,13,19H,7-8,12H2,1-2H3. The van der Waals surface area contributed by atoms with E-state index in [1.807, 2.05) is 24.3 Å². The van der Waals surface area contributed by atoms with E-state index in [4.69, 9.17) is 4.52 Å². The number of hydrogen-bond acceptors (Lipinski definition) is 4. The van der Waals surface area contributed by atoms with Gasteiger partial charge in [0.15, 0.2) is 0 Å². The number of benzene rings is 2. The second kappa shape index (κ2) is 7.73. The third-order valence-electron chi connectivity index (χ3n) is 5.17. The molecular formula is C22H21F2N3O2. The highest BCUT2D eigenvalue weighted by Crippen LogP contribution is 2.34. The topological polar surface area (TPSA) is 59.2 Å². The van der Waals surface area contributed by atoms with Gasteiger partial charge in [-0.3, -0.25) is 4.79 Å². The number of nitrogens with zero attached hydrogens (tertiary/aromatic N) is 3. The average molecular weight is 397 g/mol. The van der Waals surface area contributed by atoms with Crippen molar-refractivity contribution in [3.63, 3.8) is 0 Å². The summed E-state index contributed by atoms with van der Waals surface area (Å²) >= 11 is 0. The van der Waals surface area contributed by atoms with Crippen LogP contribution in [-0.2, 0) is 11.3 Å². The number of halogens is 2. The number of amides is 1. The van der Waals surface area contributed by atoms with Crippen LogP contribution in [0.4, 0.5) is 8.78 Å². The lowest BCUT2D eigenvalue weighted by molar-refractivity contribution is -0.130. The molecule has 4 rings (SSSR count). The highest BCUT2D eigenvalue weighted by Gasteiger charge is 2.36. The van der Waals surface area contributed by atoms with E-state index in [2.05, 4.69) is 24.0 Å². The molecule has 2 heterocycles.